The SMILES string of the molecule is COc1cc(OC)c(/C=C/C(=O)Nc2ccc(OC)c(NC(=O)CN)c2)c(OC)c1. The Labute approximate surface area is 174 Å². The average molecular weight is 415 g/mol. The summed E-state index contributed by atoms with van der Waals surface area (Å²) >= 11 is 0. The molecule has 0 aromatic heterocycles. The largest absolute Gasteiger partial charge is 0.496 e. The van der Waals surface area contributed by atoms with Gasteiger partial charge in [0.25, 0.3) is 0 Å². The van der Waals surface area contributed by atoms with Crippen LogP contribution in [0.5, 0.6) is 23.0 Å². The van der Waals surface area contributed by atoms with Crippen LogP contribution in [0.4, 0.5) is 11.4 Å². The van der Waals surface area contributed by atoms with Crippen molar-refractivity contribution in [1.82, 2.24) is 0 Å². The molecule has 0 saturated heterocycles. The summed E-state index contributed by atoms with van der Waals surface area (Å²) in [6.45, 7) is -0.173. The Morgan fingerprint density at radius 2 is 1.53 bits per heavy atom. The van der Waals surface area contributed by atoms with E-state index in [1.807, 2.05) is 0 Å². The topological polar surface area (TPSA) is 121 Å². The number of anilines is 2. The van der Waals surface area contributed by atoms with Crippen LogP contribution < -0.4 is 35.3 Å². The van der Waals surface area contributed by atoms with Crippen molar-refractivity contribution in [2.24, 2.45) is 5.73 Å². The summed E-state index contributed by atoms with van der Waals surface area (Å²) in [5.41, 5.74) is 6.78. The lowest BCUT2D eigenvalue weighted by atomic mass is 10.1. The van der Waals surface area contributed by atoms with Gasteiger partial charge in [0.05, 0.1) is 46.2 Å². The van der Waals surface area contributed by atoms with Gasteiger partial charge < -0.3 is 35.3 Å². The van der Waals surface area contributed by atoms with E-state index in [4.69, 9.17) is 24.7 Å². The Hall–Kier alpha value is -3.72. The van der Waals surface area contributed by atoms with Crippen molar-refractivity contribution in [3.8, 4) is 23.0 Å². The molecule has 2 amide bonds. The summed E-state index contributed by atoms with van der Waals surface area (Å²) in [6.07, 6.45) is 2.92. The summed E-state index contributed by atoms with van der Waals surface area (Å²) in [5, 5.41) is 5.34. The fourth-order valence-corrected chi connectivity index (χ4v) is 2.62. The van der Waals surface area contributed by atoms with Crippen molar-refractivity contribution in [1.29, 1.82) is 0 Å². The summed E-state index contributed by atoms with van der Waals surface area (Å²) < 4.78 is 21.1. The van der Waals surface area contributed by atoms with Crippen LogP contribution in [0.3, 0.4) is 0 Å². The molecule has 0 saturated carbocycles. The van der Waals surface area contributed by atoms with E-state index in [9.17, 15) is 9.59 Å². The summed E-state index contributed by atoms with van der Waals surface area (Å²) in [5.74, 6) is 1.22. The maximum atomic E-state index is 12.4. The highest BCUT2D eigenvalue weighted by Crippen LogP contribution is 2.35. The Kier molecular flexibility index (Phi) is 8.07. The van der Waals surface area contributed by atoms with Crippen molar-refractivity contribution in [2.45, 2.75) is 0 Å². The van der Waals surface area contributed by atoms with Gasteiger partial charge >= 0.3 is 0 Å². The standard InChI is InChI=1S/C21H25N3O6/c1-27-14-10-18(29-3)15(19(11-14)30-4)6-8-20(25)23-13-5-7-17(28-2)16(9-13)24-21(26)12-22/h5-11H,12,22H2,1-4H3,(H,23,25)(H,24,26)/b8-6+. The molecule has 0 unspecified atom stereocenters. The van der Waals surface area contributed by atoms with E-state index < -0.39 is 5.91 Å². The Morgan fingerprint density at radius 1 is 0.900 bits per heavy atom. The van der Waals surface area contributed by atoms with E-state index in [1.165, 1.54) is 34.5 Å². The number of hydrogen-bond acceptors (Lipinski definition) is 7. The van der Waals surface area contributed by atoms with Crippen LogP contribution >= 0.6 is 0 Å². The molecule has 9 heteroatoms. The second kappa shape index (κ2) is 10.7. The fourth-order valence-electron chi connectivity index (χ4n) is 2.62. The first-order chi connectivity index (χ1) is 14.4. The molecule has 0 aliphatic heterocycles. The number of benzene rings is 2. The first-order valence-corrected chi connectivity index (χ1v) is 8.92. The fraction of sp³-hybridized carbons (Fsp3) is 0.238. The van der Waals surface area contributed by atoms with Gasteiger partial charge in [0.15, 0.2) is 0 Å². The van der Waals surface area contributed by atoms with Crippen molar-refractivity contribution < 1.29 is 28.5 Å². The van der Waals surface area contributed by atoms with Gasteiger partial charge in [0, 0.05) is 23.9 Å². The molecule has 0 heterocycles. The molecular weight excluding hydrogens is 390 g/mol. The third-order valence-corrected chi connectivity index (χ3v) is 4.08. The van der Waals surface area contributed by atoms with Crippen LogP contribution in [-0.2, 0) is 9.59 Å². The molecule has 9 nitrogen and oxygen atoms in total. The number of nitrogens with two attached hydrogens (primary N) is 1. The van der Waals surface area contributed by atoms with Crippen LogP contribution in [-0.4, -0.2) is 46.8 Å². The van der Waals surface area contributed by atoms with Gasteiger partial charge in [-0.15, -0.1) is 0 Å². The number of hydrogen-bond donors (Lipinski definition) is 3. The molecule has 30 heavy (non-hydrogen) atoms. The van der Waals surface area contributed by atoms with E-state index in [1.54, 1.807) is 36.4 Å². The third kappa shape index (κ3) is 5.65. The summed E-state index contributed by atoms with van der Waals surface area (Å²) in [4.78, 5) is 24.0. The van der Waals surface area contributed by atoms with E-state index in [2.05, 4.69) is 10.6 Å². The van der Waals surface area contributed by atoms with Gasteiger partial charge in [-0.25, -0.2) is 0 Å². The minimum Gasteiger partial charge on any atom is -0.496 e. The Bertz CT molecular complexity index is 917. The molecular formula is C21H25N3O6. The average Bonchev–Trinajstić information content (AvgIpc) is 2.77. The lowest BCUT2D eigenvalue weighted by Crippen LogP contribution is -2.22. The van der Waals surface area contributed by atoms with Gasteiger partial charge in [-0.1, -0.05) is 0 Å². The van der Waals surface area contributed by atoms with E-state index in [0.29, 0.717) is 39.9 Å². The molecule has 2 rings (SSSR count). The van der Waals surface area contributed by atoms with Crippen LogP contribution in [0, 0.1) is 0 Å². The monoisotopic (exact) mass is 415 g/mol. The molecule has 0 radical (unpaired) electrons. The number of carbonyl (C=O) groups excluding carboxylic acids is 2. The number of methoxy groups -OCH3 is 4. The number of carbonyl (C=O) groups is 2. The molecule has 2 aromatic carbocycles. The predicted molar refractivity (Wildman–Crippen MR) is 114 cm³/mol. The van der Waals surface area contributed by atoms with Crippen molar-refractivity contribution in [3.63, 3.8) is 0 Å². The van der Waals surface area contributed by atoms with Gasteiger partial charge in [-0.2, -0.15) is 0 Å². The first kappa shape index (κ1) is 22.6. The number of nitrogens with one attached hydrogen (secondary N) is 2. The molecule has 2 aromatic rings. The van der Waals surface area contributed by atoms with Crippen LogP contribution in [0.25, 0.3) is 6.08 Å². The molecule has 0 aliphatic carbocycles. The van der Waals surface area contributed by atoms with Gasteiger partial charge in [0.2, 0.25) is 11.8 Å². The van der Waals surface area contributed by atoms with E-state index in [0.717, 1.165) is 0 Å². The third-order valence-electron chi connectivity index (χ3n) is 4.08. The molecule has 0 aliphatic rings. The van der Waals surface area contributed by atoms with Gasteiger partial charge in [0.1, 0.15) is 23.0 Å². The van der Waals surface area contributed by atoms with Gasteiger partial charge in [-0.05, 0) is 24.3 Å². The minimum atomic E-state index is -0.392. The van der Waals surface area contributed by atoms with Crippen LogP contribution in [0.15, 0.2) is 36.4 Å². The lowest BCUT2D eigenvalue weighted by molar-refractivity contribution is -0.115. The van der Waals surface area contributed by atoms with E-state index in [-0.39, 0.29) is 12.5 Å². The second-order valence-electron chi connectivity index (χ2n) is 5.94. The first-order valence-electron chi connectivity index (χ1n) is 8.92. The summed E-state index contributed by atoms with van der Waals surface area (Å²) in [7, 11) is 6.04. The smallest absolute Gasteiger partial charge is 0.248 e. The zero-order valence-corrected chi connectivity index (χ0v) is 17.3. The number of ether oxygens (including phenoxy) is 4. The normalized spacial score (nSPS) is 10.4. The maximum Gasteiger partial charge on any atom is 0.248 e. The minimum absolute atomic E-state index is 0.173. The molecule has 0 atom stereocenters. The van der Waals surface area contributed by atoms with Crippen LogP contribution in [0.2, 0.25) is 0 Å². The highest BCUT2D eigenvalue weighted by Gasteiger charge is 2.12. The molecule has 0 spiro atoms. The Morgan fingerprint density at radius 3 is 2.07 bits per heavy atom. The quantitative estimate of drug-likeness (QED) is 0.537. The van der Waals surface area contributed by atoms with Crippen molar-refractivity contribution >= 4 is 29.3 Å². The number of amides is 2. The zero-order valence-electron chi connectivity index (χ0n) is 17.3. The summed E-state index contributed by atoms with van der Waals surface area (Å²) in [6, 6.07) is 8.23. The second-order valence-corrected chi connectivity index (χ2v) is 5.94. The zero-order chi connectivity index (χ0) is 22.1. The van der Waals surface area contributed by atoms with Gasteiger partial charge in [-0.3, -0.25) is 9.59 Å². The molecule has 160 valence electrons. The lowest BCUT2D eigenvalue weighted by Gasteiger charge is -2.13. The van der Waals surface area contributed by atoms with Crippen molar-refractivity contribution in [3.05, 3.63) is 42.0 Å². The highest BCUT2D eigenvalue weighted by molar-refractivity contribution is 6.03. The molecule has 0 bridgehead atoms. The highest BCUT2D eigenvalue weighted by atomic mass is 16.5. The van der Waals surface area contributed by atoms with Crippen LogP contribution in [0.1, 0.15) is 5.56 Å². The van der Waals surface area contributed by atoms with E-state index >= 15 is 0 Å². The Balaban J connectivity index is 2.22. The van der Waals surface area contributed by atoms with Crippen molar-refractivity contribution in [2.75, 3.05) is 45.6 Å². The predicted octanol–water partition coefficient (Wildman–Crippen LogP) is 2.27. The molecule has 0 fully saturated rings. The maximum absolute atomic E-state index is 12.4. The molecule has 4 N–H and O–H groups in total. The number of rotatable bonds is 9.